The van der Waals surface area contributed by atoms with Crippen LogP contribution in [0.3, 0.4) is 0 Å². The largest absolute Gasteiger partial charge is 0.496 e. The number of hydrogen-bond acceptors (Lipinski definition) is 5. The van der Waals surface area contributed by atoms with Crippen LogP contribution in [0.4, 0.5) is 22.0 Å². The monoisotopic (exact) mass is 441 g/mol. The first-order valence-electron chi connectivity index (χ1n) is 8.93. The number of pyridine rings is 1. The lowest BCUT2D eigenvalue weighted by atomic mass is 10.1. The van der Waals surface area contributed by atoms with E-state index in [1.807, 2.05) is 0 Å². The first kappa shape index (κ1) is 22.2. The van der Waals surface area contributed by atoms with Gasteiger partial charge in [0, 0.05) is 11.1 Å². The SMILES string of the molecule is CCOC(=O)c1cnn(-c2cccc(-c3cc(C(F)F)ccc3OC)n2)c1C(F)(F)F. The van der Waals surface area contributed by atoms with Crippen LogP contribution >= 0.6 is 0 Å². The molecule has 164 valence electrons. The Morgan fingerprint density at radius 1 is 1.19 bits per heavy atom. The van der Waals surface area contributed by atoms with E-state index in [1.54, 1.807) is 0 Å². The molecule has 0 N–H and O–H groups in total. The van der Waals surface area contributed by atoms with E-state index in [4.69, 9.17) is 4.74 Å². The van der Waals surface area contributed by atoms with E-state index in [1.165, 1.54) is 44.4 Å². The van der Waals surface area contributed by atoms with Gasteiger partial charge >= 0.3 is 12.1 Å². The Hall–Kier alpha value is -3.50. The van der Waals surface area contributed by atoms with Gasteiger partial charge in [-0.25, -0.2) is 23.2 Å². The number of hydrogen-bond donors (Lipinski definition) is 0. The molecule has 0 fully saturated rings. The number of halogens is 5. The second-order valence-electron chi connectivity index (χ2n) is 6.18. The molecule has 2 heterocycles. The second kappa shape index (κ2) is 8.70. The third-order valence-corrected chi connectivity index (χ3v) is 4.24. The Morgan fingerprint density at radius 2 is 1.94 bits per heavy atom. The summed E-state index contributed by atoms with van der Waals surface area (Å²) in [5, 5.41) is 3.66. The minimum atomic E-state index is -4.94. The second-order valence-corrected chi connectivity index (χ2v) is 6.18. The Balaban J connectivity index is 2.16. The molecule has 0 aliphatic carbocycles. The van der Waals surface area contributed by atoms with Crippen molar-refractivity contribution in [3.05, 3.63) is 59.4 Å². The third kappa shape index (κ3) is 4.49. The topological polar surface area (TPSA) is 66.2 Å². The molecule has 6 nitrogen and oxygen atoms in total. The average Bonchev–Trinajstić information content (AvgIpc) is 3.19. The van der Waals surface area contributed by atoms with Gasteiger partial charge < -0.3 is 9.47 Å². The Bertz CT molecular complexity index is 1100. The number of benzene rings is 1. The lowest BCUT2D eigenvalue weighted by Gasteiger charge is -2.14. The van der Waals surface area contributed by atoms with Crippen LogP contribution in [0.25, 0.3) is 17.1 Å². The molecule has 2 aromatic heterocycles. The average molecular weight is 441 g/mol. The van der Waals surface area contributed by atoms with Crippen molar-refractivity contribution >= 4 is 5.97 Å². The zero-order chi connectivity index (χ0) is 22.8. The van der Waals surface area contributed by atoms with Crippen molar-refractivity contribution in [1.82, 2.24) is 14.8 Å². The van der Waals surface area contributed by atoms with Crippen LogP contribution in [-0.2, 0) is 10.9 Å². The van der Waals surface area contributed by atoms with Gasteiger partial charge in [0.2, 0.25) is 0 Å². The minimum absolute atomic E-state index is 0.0816. The minimum Gasteiger partial charge on any atom is -0.496 e. The molecule has 3 aromatic rings. The molecule has 0 atom stereocenters. The van der Waals surface area contributed by atoms with Crippen molar-refractivity contribution in [3.63, 3.8) is 0 Å². The standard InChI is InChI=1S/C20H16F5N3O3/c1-3-31-19(29)13-10-26-28(17(13)20(23,24)25)16-6-4-5-14(27-16)12-9-11(18(21)22)7-8-15(12)30-2/h4-10,18H,3H2,1-2H3. The first-order valence-corrected chi connectivity index (χ1v) is 8.93. The van der Waals surface area contributed by atoms with Crippen LogP contribution in [0.2, 0.25) is 0 Å². The van der Waals surface area contributed by atoms with E-state index in [0.29, 0.717) is 4.68 Å². The summed E-state index contributed by atoms with van der Waals surface area (Å²) in [4.78, 5) is 16.1. The summed E-state index contributed by atoms with van der Waals surface area (Å²) in [6.07, 6.45) is -6.96. The molecule has 0 saturated heterocycles. The maximum Gasteiger partial charge on any atom is 0.434 e. The zero-order valence-electron chi connectivity index (χ0n) is 16.3. The van der Waals surface area contributed by atoms with Gasteiger partial charge in [0.25, 0.3) is 6.43 Å². The third-order valence-electron chi connectivity index (χ3n) is 4.24. The van der Waals surface area contributed by atoms with Crippen LogP contribution in [0, 0.1) is 0 Å². The van der Waals surface area contributed by atoms with E-state index in [-0.39, 0.29) is 35.0 Å². The van der Waals surface area contributed by atoms with E-state index in [0.717, 1.165) is 12.3 Å². The Labute approximate surface area is 173 Å². The highest BCUT2D eigenvalue weighted by molar-refractivity contribution is 5.90. The number of alkyl halides is 5. The number of esters is 1. The van der Waals surface area contributed by atoms with Crippen molar-refractivity contribution in [2.24, 2.45) is 0 Å². The molecular formula is C20H16F5N3O3. The van der Waals surface area contributed by atoms with Gasteiger partial charge in [0.05, 0.1) is 25.6 Å². The first-order chi connectivity index (χ1) is 14.7. The summed E-state index contributed by atoms with van der Waals surface area (Å²) in [6, 6.07) is 7.70. The van der Waals surface area contributed by atoms with E-state index < -0.39 is 29.8 Å². The summed E-state index contributed by atoms with van der Waals surface area (Å²) >= 11 is 0. The molecule has 0 aliphatic heterocycles. The smallest absolute Gasteiger partial charge is 0.434 e. The van der Waals surface area contributed by atoms with Gasteiger partial charge in [-0.3, -0.25) is 0 Å². The van der Waals surface area contributed by atoms with Crippen molar-refractivity contribution in [1.29, 1.82) is 0 Å². The maximum absolute atomic E-state index is 13.7. The number of rotatable bonds is 6. The zero-order valence-corrected chi connectivity index (χ0v) is 16.3. The molecular weight excluding hydrogens is 425 g/mol. The van der Waals surface area contributed by atoms with Gasteiger partial charge in [-0.2, -0.15) is 18.3 Å². The van der Waals surface area contributed by atoms with Crippen molar-refractivity contribution in [3.8, 4) is 22.8 Å². The molecule has 0 aliphatic rings. The summed E-state index contributed by atoms with van der Waals surface area (Å²) in [6.45, 7) is 1.34. The number of methoxy groups -OCH3 is 1. The molecule has 11 heteroatoms. The number of carbonyl (C=O) groups is 1. The number of carbonyl (C=O) groups excluding carboxylic acids is 1. The molecule has 0 saturated carbocycles. The van der Waals surface area contributed by atoms with Crippen LogP contribution in [0.1, 0.15) is 35.0 Å². The van der Waals surface area contributed by atoms with Crippen LogP contribution in [0.15, 0.2) is 42.6 Å². The fourth-order valence-corrected chi connectivity index (χ4v) is 2.91. The van der Waals surface area contributed by atoms with Gasteiger partial charge in [0.15, 0.2) is 11.5 Å². The highest BCUT2D eigenvalue weighted by atomic mass is 19.4. The number of nitrogens with zero attached hydrogens (tertiary/aromatic N) is 3. The van der Waals surface area contributed by atoms with Gasteiger partial charge in [0.1, 0.15) is 11.3 Å². The fourth-order valence-electron chi connectivity index (χ4n) is 2.91. The van der Waals surface area contributed by atoms with E-state index >= 15 is 0 Å². The quantitative estimate of drug-likeness (QED) is 0.395. The highest BCUT2D eigenvalue weighted by Crippen LogP contribution is 2.36. The molecule has 0 spiro atoms. The summed E-state index contributed by atoms with van der Waals surface area (Å²) in [5.41, 5.74) is -2.18. The number of ether oxygens (including phenoxy) is 2. The molecule has 0 amide bonds. The van der Waals surface area contributed by atoms with Crippen LogP contribution in [-0.4, -0.2) is 34.5 Å². The molecule has 0 unspecified atom stereocenters. The summed E-state index contributed by atoms with van der Waals surface area (Å²) < 4.78 is 77.7. The van der Waals surface area contributed by atoms with Crippen LogP contribution < -0.4 is 4.74 Å². The normalized spacial score (nSPS) is 11.6. The fraction of sp³-hybridized carbons (Fsp3) is 0.250. The summed E-state index contributed by atoms with van der Waals surface area (Å²) in [7, 11) is 1.33. The lowest BCUT2D eigenvalue weighted by molar-refractivity contribution is -0.143. The van der Waals surface area contributed by atoms with E-state index in [2.05, 4.69) is 14.8 Å². The predicted molar refractivity (Wildman–Crippen MR) is 99.3 cm³/mol. The molecule has 0 radical (unpaired) electrons. The summed E-state index contributed by atoms with van der Waals surface area (Å²) in [5.74, 6) is -1.24. The Kier molecular flexibility index (Phi) is 6.23. The molecule has 0 bridgehead atoms. The van der Waals surface area contributed by atoms with Crippen LogP contribution in [0.5, 0.6) is 5.75 Å². The highest BCUT2D eigenvalue weighted by Gasteiger charge is 2.41. The van der Waals surface area contributed by atoms with Crippen molar-refractivity contribution < 1.29 is 36.2 Å². The lowest BCUT2D eigenvalue weighted by Crippen LogP contribution is -2.19. The van der Waals surface area contributed by atoms with E-state index in [9.17, 15) is 26.7 Å². The van der Waals surface area contributed by atoms with Gasteiger partial charge in [-0.1, -0.05) is 6.07 Å². The number of aromatic nitrogens is 3. The van der Waals surface area contributed by atoms with Crippen molar-refractivity contribution in [2.75, 3.05) is 13.7 Å². The Morgan fingerprint density at radius 3 is 2.55 bits per heavy atom. The predicted octanol–water partition coefficient (Wildman–Crippen LogP) is 5.08. The van der Waals surface area contributed by atoms with Crippen molar-refractivity contribution in [2.45, 2.75) is 19.5 Å². The maximum atomic E-state index is 13.7. The molecule has 1 aromatic carbocycles. The molecule has 31 heavy (non-hydrogen) atoms. The molecule has 3 rings (SSSR count). The van der Waals surface area contributed by atoms with Gasteiger partial charge in [-0.15, -0.1) is 0 Å². The van der Waals surface area contributed by atoms with Gasteiger partial charge in [-0.05, 0) is 37.3 Å².